The van der Waals surface area contributed by atoms with E-state index in [0.717, 1.165) is 18.7 Å². The minimum atomic E-state index is -0.214. The van der Waals surface area contributed by atoms with Gasteiger partial charge in [0.05, 0.1) is 12.2 Å². The summed E-state index contributed by atoms with van der Waals surface area (Å²) in [5.74, 6) is -0.214. The molecule has 0 aliphatic carbocycles. The van der Waals surface area contributed by atoms with Crippen molar-refractivity contribution in [2.75, 3.05) is 18.5 Å². The predicted octanol–water partition coefficient (Wildman–Crippen LogP) is 3.44. The number of halogens is 1. The third-order valence-electron chi connectivity index (χ3n) is 2.62. The average Bonchev–Trinajstić information content (AvgIpc) is 2.27. The Morgan fingerprint density at radius 2 is 1.88 bits per heavy atom. The molecule has 0 aliphatic heterocycles. The Labute approximate surface area is 96.8 Å². The minimum Gasteiger partial charge on any atom is -0.383 e. The molecule has 0 unspecified atom stereocenters. The van der Waals surface area contributed by atoms with E-state index in [-0.39, 0.29) is 11.4 Å². The van der Waals surface area contributed by atoms with Crippen molar-refractivity contribution in [2.24, 2.45) is 0 Å². The molecule has 16 heavy (non-hydrogen) atoms. The number of benzene rings is 1. The highest BCUT2D eigenvalue weighted by Gasteiger charge is 2.14. The Bertz CT molecular complexity index is 308. The van der Waals surface area contributed by atoms with Crippen LogP contribution in [0.5, 0.6) is 0 Å². The van der Waals surface area contributed by atoms with Gasteiger partial charge in [0.1, 0.15) is 5.82 Å². The van der Waals surface area contributed by atoms with Crippen molar-refractivity contribution >= 4 is 5.69 Å². The van der Waals surface area contributed by atoms with Gasteiger partial charge in [-0.3, -0.25) is 0 Å². The second-order valence-corrected chi connectivity index (χ2v) is 4.40. The van der Waals surface area contributed by atoms with Crippen LogP contribution in [0.3, 0.4) is 0 Å². The zero-order chi connectivity index (χ0) is 12.0. The molecule has 0 saturated heterocycles. The van der Waals surface area contributed by atoms with Crippen molar-refractivity contribution in [3.05, 3.63) is 30.1 Å². The summed E-state index contributed by atoms with van der Waals surface area (Å²) >= 11 is 0. The Hall–Kier alpha value is -1.09. The van der Waals surface area contributed by atoms with Crippen LogP contribution in [-0.4, -0.2) is 18.8 Å². The monoisotopic (exact) mass is 225 g/mol. The highest BCUT2D eigenvalue weighted by Crippen LogP contribution is 2.13. The van der Waals surface area contributed by atoms with E-state index in [0.29, 0.717) is 6.61 Å². The van der Waals surface area contributed by atoms with Crippen molar-refractivity contribution in [3.8, 4) is 0 Å². The molecule has 0 bridgehead atoms. The highest BCUT2D eigenvalue weighted by atomic mass is 19.1. The maximum absolute atomic E-state index is 12.6. The third kappa shape index (κ3) is 4.62. The van der Waals surface area contributed by atoms with E-state index < -0.39 is 0 Å². The first kappa shape index (κ1) is 13.0. The van der Waals surface area contributed by atoms with E-state index in [1.54, 1.807) is 12.1 Å². The van der Waals surface area contributed by atoms with Gasteiger partial charge in [0, 0.05) is 12.2 Å². The van der Waals surface area contributed by atoms with Gasteiger partial charge in [-0.05, 0) is 44.5 Å². The molecule has 1 aromatic rings. The summed E-state index contributed by atoms with van der Waals surface area (Å²) < 4.78 is 18.3. The van der Waals surface area contributed by atoms with E-state index in [1.807, 2.05) is 0 Å². The minimum absolute atomic E-state index is 0.0650. The molecular formula is C13H20FNO. The maximum Gasteiger partial charge on any atom is 0.123 e. The van der Waals surface area contributed by atoms with Gasteiger partial charge in [-0.15, -0.1) is 0 Å². The van der Waals surface area contributed by atoms with Crippen LogP contribution >= 0.6 is 0 Å². The quantitative estimate of drug-likeness (QED) is 0.749. The van der Waals surface area contributed by atoms with Gasteiger partial charge in [0.15, 0.2) is 0 Å². The van der Waals surface area contributed by atoms with Crippen molar-refractivity contribution < 1.29 is 9.13 Å². The summed E-state index contributed by atoms with van der Waals surface area (Å²) in [4.78, 5) is 0. The number of hydrogen-bond donors (Lipinski definition) is 1. The molecule has 0 heterocycles. The van der Waals surface area contributed by atoms with Crippen LogP contribution < -0.4 is 5.32 Å². The van der Waals surface area contributed by atoms with Crippen LogP contribution in [0.25, 0.3) is 0 Å². The molecule has 0 aromatic heterocycles. The maximum atomic E-state index is 12.6. The van der Waals surface area contributed by atoms with Gasteiger partial charge < -0.3 is 10.1 Å². The molecule has 0 atom stereocenters. The predicted molar refractivity (Wildman–Crippen MR) is 65.2 cm³/mol. The van der Waals surface area contributed by atoms with Gasteiger partial charge in [-0.2, -0.15) is 0 Å². The second kappa shape index (κ2) is 5.85. The summed E-state index contributed by atoms with van der Waals surface area (Å²) in [6.07, 6.45) is 0.990. The largest absolute Gasteiger partial charge is 0.383 e. The van der Waals surface area contributed by atoms with Gasteiger partial charge in [-0.25, -0.2) is 4.39 Å². The normalized spacial score (nSPS) is 11.5. The first-order valence-corrected chi connectivity index (χ1v) is 5.67. The number of hydrogen-bond acceptors (Lipinski definition) is 2. The molecule has 0 saturated carbocycles. The number of anilines is 1. The van der Waals surface area contributed by atoms with Crippen LogP contribution in [-0.2, 0) is 4.74 Å². The summed E-state index contributed by atoms with van der Waals surface area (Å²) in [5, 5.41) is 3.18. The van der Waals surface area contributed by atoms with Crippen LogP contribution in [0.1, 0.15) is 27.2 Å². The molecular weight excluding hydrogens is 205 g/mol. The van der Waals surface area contributed by atoms with Crippen LogP contribution in [0, 0.1) is 5.82 Å². The Balaban J connectivity index is 2.23. The van der Waals surface area contributed by atoms with E-state index in [4.69, 9.17) is 4.74 Å². The Morgan fingerprint density at radius 1 is 1.25 bits per heavy atom. The molecule has 1 rings (SSSR count). The first-order valence-electron chi connectivity index (χ1n) is 5.67. The van der Waals surface area contributed by atoms with Crippen molar-refractivity contribution in [3.63, 3.8) is 0 Å². The lowest BCUT2D eigenvalue weighted by Crippen LogP contribution is -2.26. The molecule has 90 valence electrons. The fourth-order valence-electron chi connectivity index (χ4n) is 1.19. The lowest BCUT2D eigenvalue weighted by atomic mass is 10.1. The number of ether oxygens (including phenoxy) is 1. The summed E-state index contributed by atoms with van der Waals surface area (Å²) in [6.45, 7) is 7.64. The zero-order valence-electron chi connectivity index (χ0n) is 10.2. The fraction of sp³-hybridized carbons (Fsp3) is 0.538. The lowest BCUT2D eigenvalue weighted by Gasteiger charge is -2.23. The van der Waals surface area contributed by atoms with E-state index in [9.17, 15) is 4.39 Å². The third-order valence-corrected chi connectivity index (χ3v) is 2.62. The smallest absolute Gasteiger partial charge is 0.123 e. The lowest BCUT2D eigenvalue weighted by molar-refractivity contribution is -0.0142. The summed E-state index contributed by atoms with van der Waals surface area (Å²) in [6, 6.07) is 6.33. The van der Waals surface area contributed by atoms with Crippen molar-refractivity contribution in [2.45, 2.75) is 32.8 Å². The SMILES string of the molecule is CCC(C)(C)OCCNc1ccc(F)cc1. The molecule has 0 fully saturated rings. The van der Waals surface area contributed by atoms with Gasteiger partial charge >= 0.3 is 0 Å². The highest BCUT2D eigenvalue weighted by molar-refractivity contribution is 5.42. The standard InChI is InChI=1S/C13H20FNO/c1-4-13(2,3)16-10-9-15-12-7-5-11(14)6-8-12/h5-8,15H,4,9-10H2,1-3H3. The summed E-state index contributed by atoms with van der Waals surface area (Å²) in [7, 11) is 0. The van der Waals surface area contributed by atoms with Crippen molar-refractivity contribution in [1.82, 2.24) is 0 Å². The number of nitrogens with one attached hydrogen (secondary N) is 1. The Kier molecular flexibility index (Phi) is 4.74. The molecule has 1 N–H and O–H groups in total. The average molecular weight is 225 g/mol. The first-order chi connectivity index (χ1) is 7.53. The fourth-order valence-corrected chi connectivity index (χ4v) is 1.19. The van der Waals surface area contributed by atoms with E-state index in [2.05, 4.69) is 26.1 Å². The Morgan fingerprint density at radius 3 is 2.44 bits per heavy atom. The molecule has 3 heteroatoms. The van der Waals surface area contributed by atoms with E-state index in [1.165, 1.54) is 12.1 Å². The molecule has 0 radical (unpaired) electrons. The zero-order valence-corrected chi connectivity index (χ0v) is 10.2. The molecule has 0 amide bonds. The molecule has 0 spiro atoms. The van der Waals surface area contributed by atoms with Crippen molar-refractivity contribution in [1.29, 1.82) is 0 Å². The van der Waals surface area contributed by atoms with Crippen LogP contribution in [0.2, 0.25) is 0 Å². The van der Waals surface area contributed by atoms with Gasteiger partial charge in [0.25, 0.3) is 0 Å². The number of rotatable bonds is 6. The molecule has 0 aliphatic rings. The van der Waals surface area contributed by atoms with Gasteiger partial charge in [0.2, 0.25) is 0 Å². The van der Waals surface area contributed by atoms with Crippen LogP contribution in [0.15, 0.2) is 24.3 Å². The van der Waals surface area contributed by atoms with E-state index >= 15 is 0 Å². The molecule has 2 nitrogen and oxygen atoms in total. The van der Waals surface area contributed by atoms with Gasteiger partial charge in [-0.1, -0.05) is 6.92 Å². The van der Waals surface area contributed by atoms with Crippen LogP contribution in [0.4, 0.5) is 10.1 Å². The summed E-state index contributed by atoms with van der Waals surface area (Å²) in [5.41, 5.74) is 0.851. The topological polar surface area (TPSA) is 21.3 Å². The molecule has 1 aromatic carbocycles. The second-order valence-electron chi connectivity index (χ2n) is 4.40.